The lowest BCUT2D eigenvalue weighted by Gasteiger charge is -2.12. The third-order valence-electron chi connectivity index (χ3n) is 4.76. The van der Waals surface area contributed by atoms with Crippen molar-refractivity contribution in [2.45, 2.75) is 6.92 Å². The number of hydrogen-bond donors (Lipinski definition) is 1. The van der Waals surface area contributed by atoms with Gasteiger partial charge in [-0.05, 0) is 47.5 Å². The number of halogens is 1. The fourth-order valence-electron chi connectivity index (χ4n) is 3.41. The van der Waals surface area contributed by atoms with Crippen LogP contribution in [0.15, 0.2) is 72.6 Å². The number of aromatic nitrogens is 4. The maximum absolute atomic E-state index is 13.4. The van der Waals surface area contributed by atoms with Crippen LogP contribution in [-0.4, -0.2) is 25.4 Å². The molecule has 31 heavy (non-hydrogen) atoms. The first-order chi connectivity index (χ1) is 15.1. The van der Waals surface area contributed by atoms with Crippen molar-refractivity contribution in [1.82, 2.24) is 19.5 Å². The molecule has 5 aromatic rings. The van der Waals surface area contributed by atoms with Crippen LogP contribution in [0, 0.1) is 5.82 Å². The number of carbonyl (C=O) groups is 1. The zero-order valence-electron chi connectivity index (χ0n) is 16.4. The van der Waals surface area contributed by atoms with Gasteiger partial charge in [0, 0.05) is 35.9 Å². The van der Waals surface area contributed by atoms with Crippen molar-refractivity contribution < 1.29 is 9.18 Å². The summed E-state index contributed by atoms with van der Waals surface area (Å²) in [6.07, 6.45) is 5.23. The Morgan fingerprint density at radius 3 is 2.58 bits per heavy atom. The van der Waals surface area contributed by atoms with Gasteiger partial charge in [-0.3, -0.25) is 9.36 Å². The SMILES string of the molecule is CC(=O)Nc1cc(-c2ccc(F)cc2)cc(-n2cnc3cc(-c4nccs4)cnc32)c1. The van der Waals surface area contributed by atoms with E-state index in [9.17, 15) is 9.18 Å². The first-order valence-electron chi connectivity index (χ1n) is 9.49. The Labute approximate surface area is 181 Å². The highest BCUT2D eigenvalue weighted by Crippen LogP contribution is 2.30. The normalized spacial score (nSPS) is 11.0. The van der Waals surface area contributed by atoms with E-state index in [0.29, 0.717) is 11.3 Å². The Morgan fingerprint density at radius 2 is 1.84 bits per heavy atom. The fraction of sp³-hybridized carbons (Fsp3) is 0.0435. The summed E-state index contributed by atoms with van der Waals surface area (Å²) in [4.78, 5) is 25.1. The average molecular weight is 429 g/mol. The predicted octanol–water partition coefficient (Wildman–Crippen LogP) is 5.31. The number of nitrogens with one attached hydrogen (secondary N) is 1. The second-order valence-electron chi connectivity index (χ2n) is 6.98. The summed E-state index contributed by atoms with van der Waals surface area (Å²) in [5.41, 5.74) is 5.41. The molecule has 0 saturated heterocycles. The summed E-state index contributed by atoms with van der Waals surface area (Å²) in [5.74, 6) is -0.480. The number of thiazole rings is 1. The molecule has 0 unspecified atom stereocenters. The minimum absolute atomic E-state index is 0.177. The van der Waals surface area contributed by atoms with Crippen LogP contribution in [0.4, 0.5) is 10.1 Å². The number of imidazole rings is 1. The van der Waals surface area contributed by atoms with Gasteiger partial charge in [-0.15, -0.1) is 11.3 Å². The van der Waals surface area contributed by atoms with E-state index in [1.165, 1.54) is 19.1 Å². The number of rotatable bonds is 4. The van der Waals surface area contributed by atoms with Gasteiger partial charge in [0.1, 0.15) is 22.7 Å². The van der Waals surface area contributed by atoms with Crippen molar-refractivity contribution in [2.24, 2.45) is 0 Å². The van der Waals surface area contributed by atoms with Crippen LogP contribution < -0.4 is 5.32 Å². The van der Waals surface area contributed by atoms with Gasteiger partial charge >= 0.3 is 0 Å². The highest BCUT2D eigenvalue weighted by molar-refractivity contribution is 7.13. The molecule has 6 nitrogen and oxygen atoms in total. The number of pyridine rings is 1. The first-order valence-corrected chi connectivity index (χ1v) is 10.4. The minimum Gasteiger partial charge on any atom is -0.326 e. The zero-order valence-corrected chi connectivity index (χ0v) is 17.2. The first kappa shape index (κ1) is 19.1. The summed E-state index contributed by atoms with van der Waals surface area (Å²) in [6, 6.07) is 13.8. The fourth-order valence-corrected chi connectivity index (χ4v) is 4.03. The molecular formula is C23H16FN5OS. The molecule has 0 aliphatic carbocycles. The summed E-state index contributed by atoms with van der Waals surface area (Å²) in [7, 11) is 0. The summed E-state index contributed by atoms with van der Waals surface area (Å²) >= 11 is 1.54. The van der Waals surface area contributed by atoms with Crippen molar-refractivity contribution >= 4 is 34.1 Å². The van der Waals surface area contributed by atoms with Crippen LogP contribution in [-0.2, 0) is 4.79 Å². The quantitative estimate of drug-likeness (QED) is 0.420. The molecule has 3 heterocycles. The van der Waals surface area contributed by atoms with Gasteiger partial charge in [0.05, 0.1) is 5.69 Å². The van der Waals surface area contributed by atoms with Crippen molar-refractivity contribution in [3.05, 3.63) is 78.4 Å². The third-order valence-corrected chi connectivity index (χ3v) is 5.58. The highest BCUT2D eigenvalue weighted by atomic mass is 32.1. The number of benzene rings is 2. The maximum Gasteiger partial charge on any atom is 0.221 e. The summed E-state index contributed by atoms with van der Waals surface area (Å²) < 4.78 is 15.2. The Bertz CT molecular complexity index is 1390. The van der Waals surface area contributed by atoms with Crippen molar-refractivity contribution in [3.8, 4) is 27.4 Å². The van der Waals surface area contributed by atoms with E-state index in [2.05, 4.69) is 20.3 Å². The number of carbonyl (C=O) groups excluding carboxylic acids is 1. The Kier molecular flexibility index (Phi) is 4.76. The average Bonchev–Trinajstić information content (AvgIpc) is 3.43. The smallest absolute Gasteiger partial charge is 0.221 e. The van der Waals surface area contributed by atoms with Gasteiger partial charge in [0.15, 0.2) is 5.65 Å². The van der Waals surface area contributed by atoms with Gasteiger partial charge in [-0.1, -0.05) is 12.1 Å². The lowest BCUT2D eigenvalue weighted by molar-refractivity contribution is -0.114. The molecule has 0 spiro atoms. The minimum atomic E-state index is -0.303. The number of nitrogens with zero attached hydrogens (tertiary/aromatic N) is 4. The number of anilines is 1. The van der Waals surface area contributed by atoms with Gasteiger partial charge in [-0.2, -0.15) is 0 Å². The van der Waals surface area contributed by atoms with E-state index in [4.69, 9.17) is 0 Å². The molecule has 0 atom stereocenters. The van der Waals surface area contributed by atoms with Crippen molar-refractivity contribution in [2.75, 3.05) is 5.32 Å². The highest BCUT2D eigenvalue weighted by Gasteiger charge is 2.12. The van der Waals surface area contributed by atoms with Crippen LogP contribution in [0.2, 0.25) is 0 Å². The second-order valence-corrected chi connectivity index (χ2v) is 7.87. The number of amides is 1. The van der Waals surface area contributed by atoms with Crippen molar-refractivity contribution in [3.63, 3.8) is 0 Å². The molecule has 152 valence electrons. The largest absolute Gasteiger partial charge is 0.326 e. The van der Waals surface area contributed by atoms with E-state index >= 15 is 0 Å². The Balaban J connectivity index is 1.63. The molecule has 0 aliphatic rings. The zero-order chi connectivity index (χ0) is 21.4. The predicted molar refractivity (Wildman–Crippen MR) is 120 cm³/mol. The molecule has 0 saturated carbocycles. The standard InChI is InChI=1S/C23H16FN5OS/c1-14(30)28-19-8-16(15-2-4-18(24)5-3-15)9-20(11-19)29-13-27-21-10-17(12-26-22(21)29)23-25-6-7-31-23/h2-13H,1H3,(H,28,30). The van der Waals surface area contributed by atoms with E-state index in [1.807, 2.05) is 34.2 Å². The molecular weight excluding hydrogens is 413 g/mol. The lowest BCUT2D eigenvalue weighted by atomic mass is 10.0. The summed E-state index contributed by atoms with van der Waals surface area (Å²) in [6.45, 7) is 1.46. The lowest BCUT2D eigenvalue weighted by Crippen LogP contribution is -2.07. The van der Waals surface area contributed by atoms with Gasteiger partial charge in [0.2, 0.25) is 5.91 Å². The van der Waals surface area contributed by atoms with E-state index in [0.717, 1.165) is 32.9 Å². The molecule has 0 radical (unpaired) electrons. The van der Waals surface area contributed by atoms with Gasteiger partial charge in [-0.25, -0.2) is 19.3 Å². The number of hydrogen-bond acceptors (Lipinski definition) is 5. The molecule has 1 N–H and O–H groups in total. The van der Waals surface area contributed by atoms with Crippen LogP contribution in [0.1, 0.15) is 6.92 Å². The monoisotopic (exact) mass is 429 g/mol. The van der Waals surface area contributed by atoms with Crippen LogP contribution in [0.5, 0.6) is 0 Å². The molecule has 1 amide bonds. The molecule has 0 fully saturated rings. The summed E-state index contributed by atoms with van der Waals surface area (Å²) in [5, 5.41) is 5.63. The Hall–Kier alpha value is -3.91. The molecule has 0 aliphatic heterocycles. The van der Waals surface area contributed by atoms with Crippen molar-refractivity contribution in [1.29, 1.82) is 0 Å². The van der Waals surface area contributed by atoms with Gasteiger partial charge < -0.3 is 5.32 Å². The molecule has 5 rings (SSSR count). The number of fused-ring (bicyclic) bond motifs is 1. The Morgan fingerprint density at radius 1 is 1.00 bits per heavy atom. The van der Waals surface area contributed by atoms with E-state index in [-0.39, 0.29) is 11.7 Å². The van der Waals surface area contributed by atoms with Crippen LogP contribution in [0.3, 0.4) is 0 Å². The molecule has 2 aromatic carbocycles. The molecule has 8 heteroatoms. The maximum atomic E-state index is 13.4. The third kappa shape index (κ3) is 3.80. The molecule has 3 aromatic heterocycles. The second kappa shape index (κ2) is 7.73. The van der Waals surface area contributed by atoms with E-state index in [1.54, 1.807) is 42.2 Å². The van der Waals surface area contributed by atoms with Gasteiger partial charge in [0.25, 0.3) is 0 Å². The molecule has 0 bridgehead atoms. The topological polar surface area (TPSA) is 72.7 Å². The van der Waals surface area contributed by atoms with E-state index < -0.39 is 0 Å². The van der Waals surface area contributed by atoms with Crippen LogP contribution >= 0.6 is 11.3 Å². The van der Waals surface area contributed by atoms with Crippen LogP contribution in [0.25, 0.3) is 38.5 Å².